The van der Waals surface area contributed by atoms with E-state index >= 15 is 0 Å². The second-order valence-electron chi connectivity index (χ2n) is 3.77. The maximum atomic E-state index is 5.82. The standard InChI is InChI=1S/C12H18N2O/c1-3-10-8-14-11-7-9(13-4-2)5-6-12(11)15-10/h5-7,10,13-14H,3-4,8H2,1-2H3. The summed E-state index contributed by atoms with van der Waals surface area (Å²) >= 11 is 0. The summed E-state index contributed by atoms with van der Waals surface area (Å²) in [6.07, 6.45) is 1.35. The van der Waals surface area contributed by atoms with Crippen molar-refractivity contribution >= 4 is 11.4 Å². The zero-order valence-corrected chi connectivity index (χ0v) is 9.34. The predicted octanol–water partition coefficient (Wildman–Crippen LogP) is 2.70. The molecule has 2 N–H and O–H groups in total. The molecule has 0 aromatic heterocycles. The number of anilines is 2. The third kappa shape index (κ3) is 2.17. The van der Waals surface area contributed by atoms with E-state index in [-0.39, 0.29) is 0 Å². The molecule has 1 atom stereocenters. The molecule has 1 aromatic carbocycles. The van der Waals surface area contributed by atoms with Gasteiger partial charge < -0.3 is 15.4 Å². The van der Waals surface area contributed by atoms with Crippen LogP contribution in [0.25, 0.3) is 0 Å². The highest BCUT2D eigenvalue weighted by Gasteiger charge is 2.17. The topological polar surface area (TPSA) is 33.3 Å². The smallest absolute Gasteiger partial charge is 0.143 e. The van der Waals surface area contributed by atoms with Crippen molar-refractivity contribution in [3.05, 3.63) is 18.2 Å². The van der Waals surface area contributed by atoms with Gasteiger partial charge in [0.15, 0.2) is 0 Å². The van der Waals surface area contributed by atoms with Crippen LogP contribution in [0.2, 0.25) is 0 Å². The van der Waals surface area contributed by atoms with Crippen molar-refractivity contribution in [3.8, 4) is 5.75 Å². The molecule has 0 saturated carbocycles. The number of nitrogens with one attached hydrogen (secondary N) is 2. The summed E-state index contributed by atoms with van der Waals surface area (Å²) in [4.78, 5) is 0. The van der Waals surface area contributed by atoms with Gasteiger partial charge in [-0.15, -0.1) is 0 Å². The molecular weight excluding hydrogens is 188 g/mol. The minimum absolute atomic E-state index is 0.308. The zero-order chi connectivity index (χ0) is 10.7. The Morgan fingerprint density at radius 1 is 1.47 bits per heavy atom. The Bertz CT molecular complexity index is 338. The van der Waals surface area contributed by atoms with Gasteiger partial charge in [0.1, 0.15) is 11.9 Å². The van der Waals surface area contributed by atoms with Crippen molar-refractivity contribution in [2.45, 2.75) is 26.4 Å². The van der Waals surface area contributed by atoms with E-state index in [1.807, 2.05) is 6.07 Å². The molecular formula is C12H18N2O. The molecule has 1 heterocycles. The van der Waals surface area contributed by atoms with Gasteiger partial charge in [0.2, 0.25) is 0 Å². The minimum atomic E-state index is 0.308. The lowest BCUT2D eigenvalue weighted by Gasteiger charge is -2.27. The van der Waals surface area contributed by atoms with Crippen LogP contribution in [0.15, 0.2) is 18.2 Å². The summed E-state index contributed by atoms with van der Waals surface area (Å²) in [6, 6.07) is 6.19. The fourth-order valence-electron chi connectivity index (χ4n) is 1.76. The summed E-state index contributed by atoms with van der Waals surface area (Å²) in [5.74, 6) is 0.967. The lowest BCUT2D eigenvalue weighted by atomic mass is 10.2. The van der Waals surface area contributed by atoms with E-state index in [0.29, 0.717) is 6.10 Å². The molecule has 3 heteroatoms. The van der Waals surface area contributed by atoms with E-state index < -0.39 is 0 Å². The second-order valence-corrected chi connectivity index (χ2v) is 3.77. The average Bonchev–Trinajstić information content (AvgIpc) is 2.29. The third-order valence-electron chi connectivity index (χ3n) is 2.63. The molecule has 1 aliphatic heterocycles. The van der Waals surface area contributed by atoms with Crippen LogP contribution in [0.3, 0.4) is 0 Å². The van der Waals surface area contributed by atoms with Gasteiger partial charge >= 0.3 is 0 Å². The first kappa shape index (κ1) is 10.1. The number of hydrogen-bond donors (Lipinski definition) is 2. The monoisotopic (exact) mass is 206 g/mol. The van der Waals surface area contributed by atoms with Gasteiger partial charge in [-0.2, -0.15) is 0 Å². The molecule has 0 bridgehead atoms. The van der Waals surface area contributed by atoms with Crippen LogP contribution in [0.4, 0.5) is 11.4 Å². The molecule has 0 spiro atoms. The molecule has 1 aromatic rings. The maximum absolute atomic E-state index is 5.82. The Hall–Kier alpha value is -1.38. The quantitative estimate of drug-likeness (QED) is 0.797. The average molecular weight is 206 g/mol. The first-order valence-corrected chi connectivity index (χ1v) is 5.62. The number of rotatable bonds is 3. The minimum Gasteiger partial charge on any atom is -0.486 e. The van der Waals surface area contributed by atoms with Crippen molar-refractivity contribution in [3.63, 3.8) is 0 Å². The molecule has 15 heavy (non-hydrogen) atoms. The third-order valence-corrected chi connectivity index (χ3v) is 2.63. The Balaban J connectivity index is 2.17. The van der Waals surface area contributed by atoms with Crippen LogP contribution in [0.5, 0.6) is 5.75 Å². The van der Waals surface area contributed by atoms with E-state index in [0.717, 1.165) is 36.6 Å². The van der Waals surface area contributed by atoms with Crippen molar-refractivity contribution < 1.29 is 4.74 Å². The Kier molecular flexibility index (Phi) is 2.99. The van der Waals surface area contributed by atoms with Crippen LogP contribution in [0.1, 0.15) is 20.3 Å². The van der Waals surface area contributed by atoms with E-state index in [1.54, 1.807) is 0 Å². The number of ether oxygens (including phenoxy) is 1. The molecule has 0 saturated heterocycles. The van der Waals surface area contributed by atoms with E-state index in [4.69, 9.17) is 4.74 Å². The molecule has 1 aliphatic rings. The van der Waals surface area contributed by atoms with Gasteiger partial charge in [-0.25, -0.2) is 0 Å². The molecule has 0 radical (unpaired) electrons. The van der Waals surface area contributed by atoms with Crippen molar-refractivity contribution in [1.29, 1.82) is 0 Å². The highest BCUT2D eigenvalue weighted by molar-refractivity contribution is 5.65. The summed E-state index contributed by atoms with van der Waals surface area (Å²) in [5.41, 5.74) is 2.24. The Labute approximate surface area is 90.8 Å². The van der Waals surface area contributed by atoms with Gasteiger partial charge in [0.05, 0.1) is 12.2 Å². The van der Waals surface area contributed by atoms with Crippen LogP contribution in [-0.2, 0) is 0 Å². The van der Waals surface area contributed by atoms with Crippen molar-refractivity contribution in [2.75, 3.05) is 23.7 Å². The lowest BCUT2D eigenvalue weighted by Crippen LogP contribution is -2.29. The first-order valence-electron chi connectivity index (χ1n) is 5.62. The first-order chi connectivity index (χ1) is 7.33. The molecule has 0 aliphatic carbocycles. The lowest BCUT2D eigenvalue weighted by molar-refractivity contribution is 0.202. The molecule has 2 rings (SSSR count). The number of fused-ring (bicyclic) bond motifs is 1. The SMILES string of the molecule is CCNc1ccc2c(c1)NCC(CC)O2. The fraction of sp³-hybridized carbons (Fsp3) is 0.500. The number of benzene rings is 1. The number of hydrogen-bond acceptors (Lipinski definition) is 3. The van der Waals surface area contributed by atoms with E-state index in [9.17, 15) is 0 Å². The van der Waals surface area contributed by atoms with Crippen molar-refractivity contribution in [1.82, 2.24) is 0 Å². The molecule has 0 fully saturated rings. The Morgan fingerprint density at radius 2 is 2.33 bits per heavy atom. The van der Waals surface area contributed by atoms with Crippen LogP contribution in [0, 0.1) is 0 Å². The van der Waals surface area contributed by atoms with Gasteiger partial charge in [-0.3, -0.25) is 0 Å². The fourth-order valence-corrected chi connectivity index (χ4v) is 1.76. The zero-order valence-electron chi connectivity index (χ0n) is 9.34. The van der Waals surface area contributed by atoms with Gasteiger partial charge in [0, 0.05) is 12.2 Å². The normalized spacial score (nSPS) is 18.7. The summed E-state index contributed by atoms with van der Waals surface area (Å²) in [6.45, 7) is 6.08. The highest BCUT2D eigenvalue weighted by Crippen LogP contribution is 2.32. The van der Waals surface area contributed by atoms with Gasteiger partial charge in [-0.1, -0.05) is 6.92 Å². The van der Waals surface area contributed by atoms with Crippen LogP contribution < -0.4 is 15.4 Å². The van der Waals surface area contributed by atoms with E-state index in [1.165, 1.54) is 0 Å². The summed E-state index contributed by atoms with van der Waals surface area (Å²) in [5, 5.41) is 6.68. The van der Waals surface area contributed by atoms with E-state index in [2.05, 4.69) is 36.6 Å². The second kappa shape index (κ2) is 4.43. The maximum Gasteiger partial charge on any atom is 0.143 e. The summed E-state index contributed by atoms with van der Waals surface area (Å²) < 4.78 is 5.82. The van der Waals surface area contributed by atoms with Crippen LogP contribution >= 0.6 is 0 Å². The molecule has 1 unspecified atom stereocenters. The van der Waals surface area contributed by atoms with Gasteiger partial charge in [-0.05, 0) is 31.5 Å². The van der Waals surface area contributed by atoms with Crippen LogP contribution in [-0.4, -0.2) is 19.2 Å². The van der Waals surface area contributed by atoms with Gasteiger partial charge in [0.25, 0.3) is 0 Å². The van der Waals surface area contributed by atoms with Crippen molar-refractivity contribution in [2.24, 2.45) is 0 Å². The molecule has 82 valence electrons. The summed E-state index contributed by atoms with van der Waals surface area (Å²) in [7, 11) is 0. The highest BCUT2D eigenvalue weighted by atomic mass is 16.5. The largest absolute Gasteiger partial charge is 0.486 e. The molecule has 0 amide bonds. The molecule has 3 nitrogen and oxygen atoms in total. The Morgan fingerprint density at radius 3 is 3.07 bits per heavy atom. The predicted molar refractivity (Wildman–Crippen MR) is 63.8 cm³/mol.